The van der Waals surface area contributed by atoms with Gasteiger partial charge in [-0.05, 0) is 41.7 Å². The van der Waals surface area contributed by atoms with Crippen molar-refractivity contribution in [2.75, 3.05) is 10.8 Å². The SMILES string of the molecule is CCCC[C@@H](CC)CNC(=O)C1=C(c2ccccc2)c2cc(Cl)ccc2N(Cc2ccccc2)S1(=O)=O. The summed E-state index contributed by atoms with van der Waals surface area (Å²) in [4.78, 5) is 13.5. The number of benzene rings is 3. The average Bonchev–Trinajstić information content (AvgIpc) is 2.91. The molecule has 1 atom stereocenters. The third kappa shape index (κ3) is 5.91. The van der Waals surface area contributed by atoms with Crippen LogP contribution in [-0.2, 0) is 21.4 Å². The van der Waals surface area contributed by atoms with Crippen molar-refractivity contribution in [1.29, 1.82) is 0 Å². The Morgan fingerprint density at radius 3 is 2.30 bits per heavy atom. The van der Waals surface area contributed by atoms with Crippen LogP contribution in [0, 0.1) is 5.92 Å². The Balaban J connectivity index is 1.86. The number of carbonyl (C=O) groups is 1. The largest absolute Gasteiger partial charge is 0.351 e. The van der Waals surface area contributed by atoms with Crippen molar-refractivity contribution < 1.29 is 13.2 Å². The lowest BCUT2D eigenvalue weighted by Gasteiger charge is -2.34. The molecule has 37 heavy (non-hydrogen) atoms. The molecule has 1 aliphatic rings. The van der Waals surface area contributed by atoms with Crippen LogP contribution in [0.4, 0.5) is 5.69 Å². The Labute approximate surface area is 225 Å². The second-order valence-electron chi connectivity index (χ2n) is 9.36. The summed E-state index contributed by atoms with van der Waals surface area (Å²) >= 11 is 6.41. The number of hydrogen-bond donors (Lipinski definition) is 1. The Morgan fingerprint density at radius 1 is 0.973 bits per heavy atom. The highest BCUT2D eigenvalue weighted by atomic mass is 35.5. The second-order valence-corrected chi connectivity index (χ2v) is 11.6. The van der Waals surface area contributed by atoms with Gasteiger partial charge in [0, 0.05) is 22.7 Å². The van der Waals surface area contributed by atoms with Gasteiger partial charge in [0.1, 0.15) is 0 Å². The minimum absolute atomic E-state index is 0.102. The molecule has 1 N–H and O–H groups in total. The predicted molar refractivity (Wildman–Crippen MR) is 152 cm³/mol. The summed E-state index contributed by atoms with van der Waals surface area (Å²) in [5.74, 6) is -0.296. The van der Waals surface area contributed by atoms with E-state index in [1.165, 1.54) is 4.31 Å². The second kappa shape index (κ2) is 12.0. The normalized spacial score (nSPS) is 15.3. The van der Waals surface area contributed by atoms with Gasteiger partial charge in [0.2, 0.25) is 0 Å². The molecule has 0 spiro atoms. The first kappa shape index (κ1) is 27.0. The van der Waals surface area contributed by atoms with E-state index in [2.05, 4.69) is 19.2 Å². The van der Waals surface area contributed by atoms with Gasteiger partial charge < -0.3 is 5.32 Å². The van der Waals surface area contributed by atoms with Crippen LogP contribution in [0.25, 0.3) is 5.57 Å². The van der Waals surface area contributed by atoms with Crippen molar-refractivity contribution in [3.63, 3.8) is 0 Å². The first-order valence-electron chi connectivity index (χ1n) is 12.8. The summed E-state index contributed by atoms with van der Waals surface area (Å²) in [6.45, 7) is 4.77. The van der Waals surface area contributed by atoms with Crippen LogP contribution in [0.15, 0.2) is 83.8 Å². The monoisotopic (exact) mass is 536 g/mol. The maximum atomic E-state index is 14.3. The minimum atomic E-state index is -4.20. The lowest BCUT2D eigenvalue weighted by atomic mass is 9.95. The van der Waals surface area contributed by atoms with Crippen molar-refractivity contribution in [3.8, 4) is 0 Å². The lowest BCUT2D eigenvalue weighted by Crippen LogP contribution is -2.42. The molecule has 0 aliphatic carbocycles. The number of nitrogens with one attached hydrogen (secondary N) is 1. The molecule has 5 nitrogen and oxygen atoms in total. The predicted octanol–water partition coefficient (Wildman–Crippen LogP) is 6.78. The third-order valence-corrected chi connectivity index (χ3v) is 8.85. The summed E-state index contributed by atoms with van der Waals surface area (Å²) in [5, 5.41) is 3.43. The molecule has 0 fully saturated rings. The molecule has 0 saturated carbocycles. The molecule has 1 aliphatic heterocycles. The highest BCUT2D eigenvalue weighted by Gasteiger charge is 2.41. The van der Waals surface area contributed by atoms with E-state index in [4.69, 9.17) is 11.6 Å². The zero-order valence-electron chi connectivity index (χ0n) is 21.3. The summed E-state index contributed by atoms with van der Waals surface area (Å²) in [7, 11) is -4.20. The summed E-state index contributed by atoms with van der Waals surface area (Å²) < 4.78 is 29.8. The fourth-order valence-corrected chi connectivity index (χ4v) is 6.64. The Morgan fingerprint density at radius 2 is 1.65 bits per heavy atom. The van der Waals surface area contributed by atoms with Crippen LogP contribution < -0.4 is 9.62 Å². The fraction of sp³-hybridized carbons (Fsp3) is 0.300. The molecule has 194 valence electrons. The molecule has 0 saturated heterocycles. The number of unbranched alkanes of at least 4 members (excludes halogenated alkanes) is 1. The van der Waals surface area contributed by atoms with Crippen molar-refractivity contribution in [3.05, 3.63) is 105 Å². The van der Waals surface area contributed by atoms with Crippen LogP contribution in [0.5, 0.6) is 0 Å². The van der Waals surface area contributed by atoms with Gasteiger partial charge in [0.25, 0.3) is 15.9 Å². The summed E-state index contributed by atoms with van der Waals surface area (Å²) in [6.07, 6.45) is 4.05. The molecule has 3 aromatic carbocycles. The van der Waals surface area contributed by atoms with Crippen molar-refractivity contribution in [2.45, 2.75) is 46.1 Å². The Bertz CT molecular complexity index is 1370. The number of carbonyl (C=O) groups excluding carboxylic acids is 1. The molecule has 1 amide bonds. The topological polar surface area (TPSA) is 66.5 Å². The highest BCUT2D eigenvalue weighted by Crippen LogP contribution is 2.44. The van der Waals surface area contributed by atoms with E-state index in [9.17, 15) is 13.2 Å². The van der Waals surface area contributed by atoms with Crippen LogP contribution in [-0.4, -0.2) is 20.9 Å². The number of sulfonamides is 1. The number of nitrogens with zero attached hydrogens (tertiary/aromatic N) is 1. The molecule has 0 aromatic heterocycles. The van der Waals surface area contributed by atoms with Gasteiger partial charge in [-0.3, -0.25) is 9.10 Å². The van der Waals surface area contributed by atoms with Crippen LogP contribution >= 0.6 is 11.6 Å². The lowest BCUT2D eigenvalue weighted by molar-refractivity contribution is -0.117. The van der Waals surface area contributed by atoms with Gasteiger partial charge >= 0.3 is 0 Å². The van der Waals surface area contributed by atoms with Crippen LogP contribution in [0.3, 0.4) is 0 Å². The Hall–Kier alpha value is -3.09. The molecular weight excluding hydrogens is 504 g/mol. The van der Waals surface area contributed by atoms with Crippen molar-refractivity contribution >= 4 is 38.8 Å². The summed E-state index contributed by atoms with van der Waals surface area (Å²) in [6, 6.07) is 23.7. The first-order chi connectivity index (χ1) is 17.9. The fourth-order valence-electron chi connectivity index (χ4n) is 4.72. The molecule has 0 radical (unpaired) electrons. The number of amides is 1. The Kier molecular flexibility index (Phi) is 8.72. The number of halogens is 1. The maximum absolute atomic E-state index is 14.3. The molecule has 1 heterocycles. The molecule has 0 bridgehead atoms. The number of rotatable bonds is 10. The zero-order valence-corrected chi connectivity index (χ0v) is 22.9. The highest BCUT2D eigenvalue weighted by molar-refractivity contribution is 7.97. The van der Waals surface area contributed by atoms with Crippen molar-refractivity contribution in [2.24, 2.45) is 5.92 Å². The molecule has 7 heteroatoms. The van der Waals surface area contributed by atoms with Crippen molar-refractivity contribution in [1.82, 2.24) is 5.32 Å². The van der Waals surface area contributed by atoms with E-state index in [0.29, 0.717) is 34.0 Å². The molecule has 0 unspecified atom stereocenters. The minimum Gasteiger partial charge on any atom is -0.351 e. The standard InChI is InChI=1S/C30H33ClN2O3S/c1-3-5-12-22(4-2)20-32-30(34)29-28(24-15-10-7-11-16-24)26-19-25(31)17-18-27(26)33(37(29,35)36)21-23-13-8-6-9-14-23/h6-11,13-19,22H,3-5,12,20-21H2,1-2H3,(H,32,34)/t22-/m1/s1. The molecule has 4 rings (SSSR count). The van der Waals surface area contributed by atoms with Gasteiger partial charge in [-0.1, -0.05) is 105 Å². The van der Waals surface area contributed by atoms with E-state index in [-0.39, 0.29) is 17.4 Å². The van der Waals surface area contributed by atoms with E-state index in [1.54, 1.807) is 18.2 Å². The number of hydrogen-bond acceptors (Lipinski definition) is 3. The molecule has 3 aromatic rings. The third-order valence-electron chi connectivity index (χ3n) is 6.80. The van der Waals surface area contributed by atoms with E-state index >= 15 is 0 Å². The van der Waals surface area contributed by atoms with Gasteiger partial charge in [0.15, 0.2) is 4.91 Å². The smallest absolute Gasteiger partial charge is 0.270 e. The number of fused-ring (bicyclic) bond motifs is 1. The summed E-state index contributed by atoms with van der Waals surface area (Å²) in [5.41, 5.74) is 2.96. The van der Waals surface area contributed by atoms with Gasteiger partial charge in [-0.2, -0.15) is 0 Å². The van der Waals surface area contributed by atoms with E-state index in [0.717, 1.165) is 31.2 Å². The molecular formula is C30H33ClN2O3S. The maximum Gasteiger partial charge on any atom is 0.270 e. The number of anilines is 1. The quantitative estimate of drug-likeness (QED) is 0.310. The van der Waals surface area contributed by atoms with Gasteiger partial charge in [0.05, 0.1) is 12.2 Å². The van der Waals surface area contributed by atoms with Crippen LogP contribution in [0.2, 0.25) is 5.02 Å². The first-order valence-corrected chi connectivity index (χ1v) is 14.6. The van der Waals surface area contributed by atoms with Crippen LogP contribution in [0.1, 0.15) is 56.2 Å². The zero-order chi connectivity index (χ0) is 26.4. The van der Waals surface area contributed by atoms with Gasteiger partial charge in [-0.25, -0.2) is 8.42 Å². The van der Waals surface area contributed by atoms with E-state index in [1.807, 2.05) is 60.7 Å². The van der Waals surface area contributed by atoms with Gasteiger partial charge in [-0.15, -0.1) is 0 Å². The van der Waals surface area contributed by atoms with E-state index < -0.39 is 15.9 Å². The average molecular weight is 537 g/mol.